The van der Waals surface area contributed by atoms with E-state index in [1.807, 2.05) is 33.8 Å². The van der Waals surface area contributed by atoms with Gasteiger partial charge in [0, 0.05) is 37.3 Å². The molecule has 1 fully saturated rings. The van der Waals surface area contributed by atoms with Crippen molar-refractivity contribution >= 4 is 39.9 Å². The molecule has 0 spiro atoms. The molecule has 222 valence electrons. The van der Waals surface area contributed by atoms with Crippen LogP contribution in [-0.4, -0.2) is 62.2 Å². The quantitative estimate of drug-likeness (QED) is 0.302. The van der Waals surface area contributed by atoms with Crippen molar-refractivity contribution in [1.29, 1.82) is 0 Å². The third-order valence-corrected chi connectivity index (χ3v) is 8.62. The molecule has 2 unspecified atom stereocenters. The number of benzene rings is 1. The number of piperazine rings is 1. The Morgan fingerprint density at radius 3 is 2.72 bits per heavy atom. The van der Waals surface area contributed by atoms with Crippen molar-refractivity contribution in [2.24, 2.45) is 0 Å². The van der Waals surface area contributed by atoms with Crippen LogP contribution in [-0.2, 0) is 4.79 Å². The molecule has 0 saturated carbocycles. The van der Waals surface area contributed by atoms with E-state index in [9.17, 15) is 14.7 Å². The summed E-state index contributed by atoms with van der Waals surface area (Å²) < 4.78 is 16.7. The zero-order valence-corrected chi connectivity index (χ0v) is 25.1. The smallest absolute Gasteiger partial charge is 0.282 e. The Labute approximate surface area is 253 Å². The first-order valence-corrected chi connectivity index (χ1v) is 14.6. The van der Waals surface area contributed by atoms with Gasteiger partial charge < -0.3 is 20.2 Å². The maximum absolute atomic E-state index is 15.1. The lowest BCUT2D eigenvalue weighted by molar-refractivity contribution is -0.128. The highest BCUT2D eigenvalue weighted by molar-refractivity contribution is 6.34. The predicted octanol–water partition coefficient (Wildman–Crippen LogP) is 5.39. The first-order valence-electron chi connectivity index (χ1n) is 14.2. The molecule has 2 aliphatic rings. The molecule has 1 saturated heterocycles. The zero-order chi connectivity index (χ0) is 30.7. The number of aromatic nitrogens is 3. The number of aryl methyl sites for hydroxylation is 1. The number of halogens is 2. The third-order valence-electron chi connectivity index (χ3n) is 8.33. The molecule has 43 heavy (non-hydrogen) atoms. The van der Waals surface area contributed by atoms with E-state index in [0.29, 0.717) is 47.8 Å². The minimum atomic E-state index is -0.695. The Bertz CT molecular complexity index is 1850. The standard InChI is InChI=1S/C32H32ClFN6O3/c1-6-24(42)38-15-19-13-36-28-30(39(19)14-18(38)5)20-12-21(33)27(25-22(34)8-7-9-23(25)41)37-31(20)40(32(28)43)29-17(4)10-11-35-26(29)16(2)3/h6-12,16,18-19,36,41H,1,13-15H2,2-5H3. The molecule has 9 nitrogen and oxygen atoms in total. The monoisotopic (exact) mass is 602 g/mol. The van der Waals surface area contributed by atoms with Crippen LogP contribution < -0.4 is 15.8 Å². The molecule has 4 aromatic rings. The van der Waals surface area contributed by atoms with E-state index in [-0.39, 0.29) is 57.1 Å². The second kappa shape index (κ2) is 10.7. The lowest BCUT2D eigenvalue weighted by Crippen LogP contribution is -2.62. The Morgan fingerprint density at radius 2 is 2.02 bits per heavy atom. The number of hydrogen-bond donors (Lipinski definition) is 2. The fourth-order valence-electron chi connectivity index (χ4n) is 6.27. The van der Waals surface area contributed by atoms with Crippen LogP contribution in [0.15, 0.2) is 54.0 Å². The number of carbonyl (C=O) groups excluding carboxylic acids is 1. The average Bonchev–Trinajstić information content (AvgIpc) is 2.97. The maximum Gasteiger partial charge on any atom is 0.282 e. The number of phenols is 1. The predicted molar refractivity (Wildman–Crippen MR) is 167 cm³/mol. The number of nitrogens with one attached hydrogen (secondary N) is 1. The number of aromatic hydroxyl groups is 1. The van der Waals surface area contributed by atoms with Gasteiger partial charge in [-0.05, 0) is 55.7 Å². The highest BCUT2D eigenvalue weighted by Crippen LogP contribution is 2.43. The maximum atomic E-state index is 15.1. The zero-order valence-electron chi connectivity index (χ0n) is 24.4. The molecular weight excluding hydrogens is 571 g/mol. The fourth-order valence-corrected chi connectivity index (χ4v) is 6.52. The Morgan fingerprint density at radius 1 is 1.26 bits per heavy atom. The molecule has 0 bridgehead atoms. The van der Waals surface area contributed by atoms with Gasteiger partial charge in [-0.3, -0.25) is 19.1 Å². The van der Waals surface area contributed by atoms with Crippen LogP contribution in [0.25, 0.3) is 28.0 Å². The SMILES string of the molecule is C=CC(=O)N1CC2CNc3c(c4cc(Cl)c(-c5c(O)cccc5F)nc4n(-c4c(C)ccnc4C(C)C)c3=O)N2CC1C. The van der Waals surface area contributed by atoms with Gasteiger partial charge in [-0.2, -0.15) is 0 Å². The highest BCUT2D eigenvalue weighted by atomic mass is 35.5. The van der Waals surface area contributed by atoms with E-state index in [1.165, 1.54) is 28.8 Å². The number of rotatable bonds is 4. The van der Waals surface area contributed by atoms with Crippen LogP contribution in [0.2, 0.25) is 5.02 Å². The Kier molecular flexibility index (Phi) is 7.12. The van der Waals surface area contributed by atoms with E-state index >= 15 is 4.39 Å². The van der Waals surface area contributed by atoms with Crippen LogP contribution in [0.4, 0.5) is 15.8 Å². The van der Waals surface area contributed by atoms with Gasteiger partial charge in [0.15, 0.2) is 5.65 Å². The second-order valence-electron chi connectivity index (χ2n) is 11.4. The number of fused-ring (bicyclic) bond motifs is 5. The van der Waals surface area contributed by atoms with Gasteiger partial charge in [0.05, 0.1) is 39.4 Å². The molecular formula is C32H32ClFN6O3. The molecule has 1 aromatic carbocycles. The number of nitrogens with zero attached hydrogens (tertiary/aromatic N) is 5. The summed E-state index contributed by atoms with van der Waals surface area (Å²) in [6.07, 6.45) is 3.03. The van der Waals surface area contributed by atoms with E-state index in [4.69, 9.17) is 16.6 Å². The minimum absolute atomic E-state index is 0.0144. The van der Waals surface area contributed by atoms with E-state index in [0.717, 1.165) is 5.56 Å². The van der Waals surface area contributed by atoms with Crippen molar-refractivity contribution in [2.75, 3.05) is 29.9 Å². The minimum Gasteiger partial charge on any atom is -0.507 e. The molecule has 0 radical (unpaired) electrons. The second-order valence-corrected chi connectivity index (χ2v) is 11.8. The molecule has 2 atom stereocenters. The summed E-state index contributed by atoms with van der Waals surface area (Å²) in [6, 6.07) is 7.20. The molecule has 3 aromatic heterocycles. The lowest BCUT2D eigenvalue weighted by atomic mass is 9.99. The van der Waals surface area contributed by atoms with Gasteiger partial charge in [-0.15, -0.1) is 0 Å². The summed E-state index contributed by atoms with van der Waals surface area (Å²) >= 11 is 6.82. The normalized spacial score (nSPS) is 17.9. The van der Waals surface area contributed by atoms with Crippen LogP contribution >= 0.6 is 11.6 Å². The van der Waals surface area contributed by atoms with Gasteiger partial charge >= 0.3 is 0 Å². The van der Waals surface area contributed by atoms with Crippen molar-refractivity contribution < 1.29 is 14.3 Å². The number of hydrogen-bond acceptors (Lipinski definition) is 7. The van der Waals surface area contributed by atoms with E-state index in [1.54, 1.807) is 17.2 Å². The van der Waals surface area contributed by atoms with Gasteiger partial charge in [0.2, 0.25) is 5.91 Å². The van der Waals surface area contributed by atoms with Gasteiger partial charge in [0.25, 0.3) is 5.56 Å². The highest BCUT2D eigenvalue weighted by Gasteiger charge is 2.39. The average molecular weight is 603 g/mol. The largest absolute Gasteiger partial charge is 0.507 e. The number of anilines is 2. The van der Waals surface area contributed by atoms with Crippen LogP contribution in [0.1, 0.15) is 37.9 Å². The summed E-state index contributed by atoms with van der Waals surface area (Å²) in [5.74, 6) is -1.19. The summed E-state index contributed by atoms with van der Waals surface area (Å²) in [6.45, 7) is 12.8. The molecule has 0 aliphatic carbocycles. The van der Waals surface area contributed by atoms with Crippen molar-refractivity contribution in [3.8, 4) is 22.7 Å². The Balaban J connectivity index is 1.70. The topological polar surface area (TPSA) is 104 Å². The number of carbonyl (C=O) groups is 1. The van der Waals surface area contributed by atoms with E-state index < -0.39 is 5.82 Å². The van der Waals surface area contributed by atoms with Gasteiger partial charge in [0.1, 0.15) is 17.3 Å². The van der Waals surface area contributed by atoms with Crippen molar-refractivity contribution in [1.82, 2.24) is 19.4 Å². The molecule has 5 heterocycles. The third kappa shape index (κ3) is 4.52. The summed E-state index contributed by atoms with van der Waals surface area (Å²) in [7, 11) is 0. The first kappa shape index (κ1) is 28.7. The fraction of sp³-hybridized carbons (Fsp3) is 0.312. The van der Waals surface area contributed by atoms with Gasteiger partial charge in [-0.25, -0.2) is 9.37 Å². The van der Waals surface area contributed by atoms with Crippen LogP contribution in [0.3, 0.4) is 0 Å². The van der Waals surface area contributed by atoms with Gasteiger partial charge in [-0.1, -0.05) is 38.1 Å². The summed E-state index contributed by atoms with van der Waals surface area (Å²) in [4.78, 5) is 40.5. The van der Waals surface area contributed by atoms with Crippen LogP contribution in [0, 0.1) is 12.7 Å². The van der Waals surface area contributed by atoms with Crippen LogP contribution in [0.5, 0.6) is 5.75 Å². The lowest BCUT2D eigenvalue weighted by Gasteiger charge is -2.49. The molecule has 6 rings (SSSR count). The number of pyridine rings is 3. The van der Waals surface area contributed by atoms with Crippen molar-refractivity contribution in [2.45, 2.75) is 45.7 Å². The van der Waals surface area contributed by atoms with Crippen molar-refractivity contribution in [3.05, 3.63) is 81.6 Å². The van der Waals surface area contributed by atoms with Crippen molar-refractivity contribution in [3.63, 3.8) is 0 Å². The summed E-state index contributed by atoms with van der Waals surface area (Å²) in [5, 5.41) is 14.7. The molecule has 2 N–H and O–H groups in total. The number of phenolic OH excluding ortho intramolecular Hbond substituents is 1. The summed E-state index contributed by atoms with van der Waals surface area (Å²) in [5.41, 5.74) is 2.89. The molecule has 11 heteroatoms. The molecule has 1 amide bonds. The Hall–Kier alpha value is -4.44. The number of amides is 1. The first-order chi connectivity index (χ1) is 20.5. The molecule has 2 aliphatic heterocycles. The van der Waals surface area contributed by atoms with E-state index in [2.05, 4.69) is 21.8 Å².